The fraction of sp³-hybridized carbons (Fsp3) is 0.0714. The van der Waals surface area contributed by atoms with E-state index in [1.807, 2.05) is 0 Å². The lowest BCUT2D eigenvalue weighted by atomic mass is 9.99. The van der Waals surface area contributed by atoms with Gasteiger partial charge in [0.2, 0.25) is 0 Å². The van der Waals surface area contributed by atoms with Crippen LogP contribution in [-0.2, 0) is 0 Å². The van der Waals surface area contributed by atoms with Crippen LogP contribution in [0.1, 0.15) is 10.4 Å². The number of ether oxygens (including phenoxy) is 1. The van der Waals surface area contributed by atoms with Gasteiger partial charge >= 0.3 is 5.97 Å². The van der Waals surface area contributed by atoms with Crippen molar-refractivity contribution in [1.82, 2.24) is 0 Å². The van der Waals surface area contributed by atoms with Crippen molar-refractivity contribution < 1.29 is 19.7 Å². The summed E-state index contributed by atoms with van der Waals surface area (Å²) in [6.07, 6.45) is 0. The molecule has 0 atom stereocenters. The van der Waals surface area contributed by atoms with Crippen LogP contribution in [0.15, 0.2) is 42.5 Å². The molecule has 0 saturated heterocycles. The lowest BCUT2D eigenvalue weighted by Gasteiger charge is -2.11. The molecular formula is C14H12O4. The lowest BCUT2D eigenvalue weighted by Crippen LogP contribution is -2.00. The first-order valence-corrected chi connectivity index (χ1v) is 5.33. The number of hydrogen-bond acceptors (Lipinski definition) is 3. The Morgan fingerprint density at radius 3 is 2.50 bits per heavy atom. The van der Waals surface area contributed by atoms with Crippen molar-refractivity contribution in [3.8, 4) is 22.6 Å². The molecular weight excluding hydrogens is 232 g/mol. The SMILES string of the molecule is COc1cc(O)ccc1-c1ccccc1C(=O)O. The van der Waals surface area contributed by atoms with E-state index in [9.17, 15) is 9.90 Å². The molecule has 0 saturated carbocycles. The topological polar surface area (TPSA) is 66.8 Å². The van der Waals surface area contributed by atoms with Crippen LogP contribution in [-0.4, -0.2) is 23.3 Å². The van der Waals surface area contributed by atoms with Crippen molar-refractivity contribution in [2.24, 2.45) is 0 Å². The zero-order chi connectivity index (χ0) is 13.1. The number of carbonyl (C=O) groups is 1. The van der Waals surface area contributed by atoms with Crippen LogP contribution in [0, 0.1) is 0 Å². The van der Waals surface area contributed by atoms with E-state index < -0.39 is 5.97 Å². The molecule has 0 spiro atoms. The second kappa shape index (κ2) is 4.79. The van der Waals surface area contributed by atoms with Gasteiger partial charge in [0.05, 0.1) is 12.7 Å². The standard InChI is InChI=1S/C14H12O4/c1-18-13-8-9(15)6-7-11(13)10-4-2-3-5-12(10)14(16)17/h2-8,15H,1H3,(H,16,17). The molecule has 92 valence electrons. The minimum Gasteiger partial charge on any atom is -0.508 e. The van der Waals surface area contributed by atoms with Gasteiger partial charge in [-0.15, -0.1) is 0 Å². The van der Waals surface area contributed by atoms with Crippen LogP contribution in [0.3, 0.4) is 0 Å². The first-order chi connectivity index (χ1) is 8.63. The Morgan fingerprint density at radius 1 is 1.11 bits per heavy atom. The van der Waals surface area contributed by atoms with E-state index in [2.05, 4.69) is 0 Å². The van der Waals surface area contributed by atoms with Gasteiger partial charge in [-0.2, -0.15) is 0 Å². The number of aromatic hydroxyl groups is 1. The van der Waals surface area contributed by atoms with Crippen molar-refractivity contribution in [1.29, 1.82) is 0 Å². The smallest absolute Gasteiger partial charge is 0.336 e. The lowest BCUT2D eigenvalue weighted by molar-refractivity contribution is 0.0697. The number of carboxylic acid groups (broad SMARTS) is 1. The van der Waals surface area contributed by atoms with Crippen molar-refractivity contribution in [2.45, 2.75) is 0 Å². The minimum atomic E-state index is -0.999. The number of phenolic OH excluding ortho intramolecular Hbond substituents is 1. The molecule has 2 rings (SSSR count). The number of methoxy groups -OCH3 is 1. The number of rotatable bonds is 3. The molecule has 4 nitrogen and oxygen atoms in total. The predicted molar refractivity (Wildman–Crippen MR) is 67.1 cm³/mol. The largest absolute Gasteiger partial charge is 0.508 e. The first kappa shape index (κ1) is 12.0. The Labute approximate surface area is 104 Å². The molecule has 0 fully saturated rings. The number of aromatic carboxylic acids is 1. The highest BCUT2D eigenvalue weighted by molar-refractivity contribution is 5.97. The summed E-state index contributed by atoms with van der Waals surface area (Å²) in [5.41, 5.74) is 1.39. The van der Waals surface area contributed by atoms with Gasteiger partial charge in [0.25, 0.3) is 0 Å². The fourth-order valence-corrected chi connectivity index (χ4v) is 1.81. The highest BCUT2D eigenvalue weighted by Gasteiger charge is 2.14. The Kier molecular flexibility index (Phi) is 3.19. The van der Waals surface area contributed by atoms with Gasteiger partial charge in [-0.1, -0.05) is 18.2 Å². The normalized spacial score (nSPS) is 10.1. The molecule has 0 amide bonds. The zero-order valence-corrected chi connectivity index (χ0v) is 9.75. The van der Waals surface area contributed by atoms with E-state index in [1.165, 1.54) is 25.3 Å². The predicted octanol–water partition coefficient (Wildman–Crippen LogP) is 2.77. The summed E-state index contributed by atoms with van der Waals surface area (Å²) in [6, 6.07) is 11.2. The van der Waals surface area contributed by atoms with Gasteiger partial charge in [0.1, 0.15) is 11.5 Å². The van der Waals surface area contributed by atoms with Gasteiger partial charge in [0, 0.05) is 11.6 Å². The Hall–Kier alpha value is -2.49. The molecule has 0 aliphatic rings. The van der Waals surface area contributed by atoms with Gasteiger partial charge in [-0.25, -0.2) is 4.79 Å². The molecule has 0 aliphatic heterocycles. The number of hydrogen-bond donors (Lipinski definition) is 2. The van der Waals surface area contributed by atoms with E-state index in [1.54, 1.807) is 24.3 Å². The molecule has 0 bridgehead atoms. The van der Waals surface area contributed by atoms with E-state index in [0.29, 0.717) is 16.9 Å². The third-order valence-corrected chi connectivity index (χ3v) is 2.63. The van der Waals surface area contributed by atoms with E-state index >= 15 is 0 Å². The third kappa shape index (κ3) is 2.13. The monoisotopic (exact) mass is 244 g/mol. The van der Waals surface area contributed by atoms with Crippen molar-refractivity contribution in [3.63, 3.8) is 0 Å². The molecule has 2 aromatic rings. The Balaban J connectivity index is 2.65. The molecule has 2 N–H and O–H groups in total. The first-order valence-electron chi connectivity index (χ1n) is 5.33. The number of phenols is 1. The summed E-state index contributed by atoms with van der Waals surface area (Å²) >= 11 is 0. The molecule has 2 aromatic carbocycles. The van der Waals surface area contributed by atoms with Crippen molar-refractivity contribution in [3.05, 3.63) is 48.0 Å². The van der Waals surface area contributed by atoms with Crippen molar-refractivity contribution >= 4 is 5.97 Å². The average molecular weight is 244 g/mol. The van der Waals surface area contributed by atoms with Gasteiger partial charge < -0.3 is 14.9 Å². The summed E-state index contributed by atoms with van der Waals surface area (Å²) in [7, 11) is 1.47. The third-order valence-electron chi connectivity index (χ3n) is 2.63. The molecule has 0 unspecified atom stereocenters. The van der Waals surface area contributed by atoms with Crippen LogP contribution in [0.2, 0.25) is 0 Å². The minimum absolute atomic E-state index is 0.0726. The zero-order valence-electron chi connectivity index (χ0n) is 9.75. The summed E-state index contributed by atoms with van der Waals surface area (Å²) in [5.74, 6) is -0.493. The molecule has 0 radical (unpaired) electrons. The quantitative estimate of drug-likeness (QED) is 0.871. The van der Waals surface area contributed by atoms with Crippen molar-refractivity contribution in [2.75, 3.05) is 7.11 Å². The summed E-state index contributed by atoms with van der Waals surface area (Å²) in [6.45, 7) is 0. The molecule has 0 aliphatic carbocycles. The van der Waals surface area contributed by atoms with Gasteiger partial charge in [-0.05, 0) is 23.8 Å². The number of benzene rings is 2. The highest BCUT2D eigenvalue weighted by atomic mass is 16.5. The molecule has 4 heteroatoms. The van der Waals surface area contributed by atoms with Crippen LogP contribution in [0.5, 0.6) is 11.5 Å². The molecule has 0 heterocycles. The van der Waals surface area contributed by atoms with Crippen LogP contribution in [0.25, 0.3) is 11.1 Å². The highest BCUT2D eigenvalue weighted by Crippen LogP contribution is 2.34. The summed E-state index contributed by atoms with van der Waals surface area (Å²) in [5, 5.41) is 18.6. The molecule has 18 heavy (non-hydrogen) atoms. The average Bonchev–Trinajstić information content (AvgIpc) is 2.38. The second-order valence-corrected chi connectivity index (χ2v) is 3.74. The Morgan fingerprint density at radius 2 is 1.83 bits per heavy atom. The summed E-state index contributed by atoms with van der Waals surface area (Å²) in [4.78, 5) is 11.2. The number of carboxylic acids is 1. The maximum atomic E-state index is 11.2. The maximum absolute atomic E-state index is 11.2. The fourth-order valence-electron chi connectivity index (χ4n) is 1.81. The van der Waals surface area contributed by atoms with E-state index in [0.717, 1.165) is 0 Å². The second-order valence-electron chi connectivity index (χ2n) is 3.74. The van der Waals surface area contributed by atoms with Crippen LogP contribution >= 0.6 is 0 Å². The van der Waals surface area contributed by atoms with E-state index in [-0.39, 0.29) is 11.3 Å². The van der Waals surface area contributed by atoms with Crippen LogP contribution < -0.4 is 4.74 Å². The molecule has 0 aromatic heterocycles. The summed E-state index contributed by atoms with van der Waals surface area (Å²) < 4.78 is 5.16. The maximum Gasteiger partial charge on any atom is 0.336 e. The van der Waals surface area contributed by atoms with E-state index in [4.69, 9.17) is 9.84 Å². The van der Waals surface area contributed by atoms with Gasteiger partial charge in [-0.3, -0.25) is 0 Å². The van der Waals surface area contributed by atoms with Gasteiger partial charge in [0.15, 0.2) is 0 Å². The Bertz CT molecular complexity index is 590. The van der Waals surface area contributed by atoms with Crippen LogP contribution in [0.4, 0.5) is 0 Å².